The summed E-state index contributed by atoms with van der Waals surface area (Å²) < 4.78 is 26.5. The molecule has 1 fully saturated rings. The molecule has 110 valence electrons. The minimum atomic E-state index is -0.806. The summed E-state index contributed by atoms with van der Waals surface area (Å²) in [7, 11) is 0. The molecule has 0 bridgehead atoms. The van der Waals surface area contributed by atoms with E-state index in [1.807, 2.05) is 18.2 Å². The van der Waals surface area contributed by atoms with E-state index in [-0.39, 0.29) is 5.54 Å². The van der Waals surface area contributed by atoms with Crippen molar-refractivity contribution in [1.82, 2.24) is 5.32 Å². The summed E-state index contributed by atoms with van der Waals surface area (Å²) >= 11 is 0. The van der Waals surface area contributed by atoms with Crippen LogP contribution in [0, 0.1) is 11.6 Å². The molecule has 0 radical (unpaired) electrons. The van der Waals surface area contributed by atoms with E-state index in [0.29, 0.717) is 6.54 Å². The largest absolute Gasteiger partial charge is 0.368 e. The van der Waals surface area contributed by atoms with E-state index in [0.717, 1.165) is 18.8 Å². The van der Waals surface area contributed by atoms with Crippen molar-refractivity contribution in [2.45, 2.75) is 12.5 Å². The van der Waals surface area contributed by atoms with Crippen molar-refractivity contribution >= 4 is 5.69 Å². The predicted molar refractivity (Wildman–Crippen MR) is 80.4 cm³/mol. The lowest BCUT2D eigenvalue weighted by atomic mass is 9.89. The second-order valence-electron chi connectivity index (χ2n) is 5.64. The SMILES string of the molecule is CC1(c2ccccc2)CN(c2ccc(F)c(F)c2)CCN1. The predicted octanol–water partition coefficient (Wildman–Crippen LogP) is 3.29. The smallest absolute Gasteiger partial charge is 0.160 e. The highest BCUT2D eigenvalue weighted by Gasteiger charge is 2.32. The highest BCUT2D eigenvalue weighted by molar-refractivity contribution is 5.48. The maximum absolute atomic E-state index is 13.4. The summed E-state index contributed by atoms with van der Waals surface area (Å²) in [4.78, 5) is 2.09. The summed E-state index contributed by atoms with van der Waals surface area (Å²) in [6.45, 7) is 4.41. The normalized spacial score (nSPS) is 22.3. The van der Waals surface area contributed by atoms with E-state index in [1.54, 1.807) is 6.07 Å². The second kappa shape index (κ2) is 5.45. The van der Waals surface area contributed by atoms with Crippen molar-refractivity contribution in [2.75, 3.05) is 24.5 Å². The first-order valence-electron chi connectivity index (χ1n) is 7.09. The molecule has 1 saturated heterocycles. The molecule has 0 spiro atoms. The number of hydrogen-bond acceptors (Lipinski definition) is 2. The van der Waals surface area contributed by atoms with E-state index >= 15 is 0 Å². The third-order valence-electron chi connectivity index (χ3n) is 4.08. The zero-order chi connectivity index (χ0) is 14.9. The van der Waals surface area contributed by atoms with Crippen LogP contribution in [0.1, 0.15) is 12.5 Å². The quantitative estimate of drug-likeness (QED) is 0.912. The zero-order valence-corrected chi connectivity index (χ0v) is 11.9. The summed E-state index contributed by atoms with van der Waals surface area (Å²) in [6.07, 6.45) is 0. The molecule has 4 heteroatoms. The van der Waals surface area contributed by atoms with Crippen molar-refractivity contribution in [3.8, 4) is 0 Å². The van der Waals surface area contributed by atoms with Crippen molar-refractivity contribution in [1.29, 1.82) is 0 Å². The van der Waals surface area contributed by atoms with Gasteiger partial charge in [-0.2, -0.15) is 0 Å². The lowest BCUT2D eigenvalue weighted by Gasteiger charge is -2.43. The average Bonchev–Trinajstić information content (AvgIpc) is 2.51. The van der Waals surface area contributed by atoms with Gasteiger partial charge in [-0.3, -0.25) is 0 Å². The van der Waals surface area contributed by atoms with Gasteiger partial charge in [-0.15, -0.1) is 0 Å². The number of piperazine rings is 1. The molecule has 1 N–H and O–H groups in total. The maximum atomic E-state index is 13.4. The summed E-state index contributed by atoms with van der Waals surface area (Å²) in [6, 6.07) is 14.3. The van der Waals surface area contributed by atoms with Gasteiger partial charge in [-0.1, -0.05) is 30.3 Å². The molecule has 21 heavy (non-hydrogen) atoms. The monoisotopic (exact) mass is 288 g/mol. The highest BCUT2D eigenvalue weighted by Crippen LogP contribution is 2.28. The van der Waals surface area contributed by atoms with Gasteiger partial charge in [-0.25, -0.2) is 8.78 Å². The molecular formula is C17H18F2N2. The molecule has 0 amide bonds. The van der Waals surface area contributed by atoms with Gasteiger partial charge in [0.05, 0.1) is 5.54 Å². The van der Waals surface area contributed by atoms with Crippen LogP contribution in [0.5, 0.6) is 0 Å². The van der Waals surface area contributed by atoms with Crippen LogP contribution in [0.25, 0.3) is 0 Å². The molecular weight excluding hydrogens is 270 g/mol. The molecule has 0 aromatic heterocycles. The molecule has 0 aliphatic carbocycles. The Labute approximate surface area is 123 Å². The van der Waals surface area contributed by atoms with Gasteiger partial charge < -0.3 is 10.2 Å². The minimum absolute atomic E-state index is 0.204. The van der Waals surface area contributed by atoms with Gasteiger partial charge in [-0.05, 0) is 24.6 Å². The summed E-state index contributed by atoms with van der Waals surface area (Å²) in [5, 5.41) is 3.53. The Kier molecular flexibility index (Phi) is 3.64. The third-order valence-corrected chi connectivity index (χ3v) is 4.08. The first-order chi connectivity index (χ1) is 10.1. The standard InChI is InChI=1S/C17H18F2N2/c1-17(13-5-3-2-4-6-13)12-21(10-9-20-17)14-7-8-15(18)16(19)11-14/h2-8,11,20H,9-10,12H2,1H3. The van der Waals surface area contributed by atoms with E-state index < -0.39 is 11.6 Å². The second-order valence-corrected chi connectivity index (χ2v) is 5.64. The fourth-order valence-electron chi connectivity index (χ4n) is 2.88. The van der Waals surface area contributed by atoms with E-state index in [2.05, 4.69) is 29.3 Å². The summed E-state index contributed by atoms with van der Waals surface area (Å²) in [5.41, 5.74) is 1.71. The van der Waals surface area contributed by atoms with Crippen molar-refractivity contribution in [3.05, 3.63) is 65.7 Å². The maximum Gasteiger partial charge on any atom is 0.160 e. The highest BCUT2D eigenvalue weighted by atomic mass is 19.2. The zero-order valence-electron chi connectivity index (χ0n) is 11.9. The minimum Gasteiger partial charge on any atom is -0.368 e. The van der Waals surface area contributed by atoms with Gasteiger partial charge in [0.25, 0.3) is 0 Å². The molecule has 3 rings (SSSR count). The third kappa shape index (κ3) is 2.76. The van der Waals surface area contributed by atoms with Gasteiger partial charge in [0.15, 0.2) is 11.6 Å². The average molecular weight is 288 g/mol. The molecule has 1 heterocycles. The summed E-state index contributed by atoms with van der Waals surface area (Å²) in [5.74, 6) is -1.60. The Hall–Kier alpha value is -1.94. The lowest BCUT2D eigenvalue weighted by molar-refractivity contribution is 0.332. The molecule has 1 aliphatic heterocycles. The van der Waals surface area contributed by atoms with Crippen LogP contribution < -0.4 is 10.2 Å². The molecule has 0 saturated carbocycles. The van der Waals surface area contributed by atoms with Crippen LogP contribution in [-0.4, -0.2) is 19.6 Å². The Balaban J connectivity index is 1.87. The van der Waals surface area contributed by atoms with E-state index in [9.17, 15) is 8.78 Å². The molecule has 1 atom stereocenters. The lowest BCUT2D eigenvalue weighted by Crippen LogP contribution is -2.56. The molecule has 2 aromatic carbocycles. The molecule has 2 aromatic rings. The Morgan fingerprint density at radius 3 is 2.52 bits per heavy atom. The van der Waals surface area contributed by atoms with Gasteiger partial charge in [0.2, 0.25) is 0 Å². The number of halogens is 2. The Bertz CT molecular complexity index is 630. The van der Waals surface area contributed by atoms with Gasteiger partial charge in [0.1, 0.15) is 0 Å². The molecule has 2 nitrogen and oxygen atoms in total. The van der Waals surface area contributed by atoms with E-state index in [1.165, 1.54) is 17.7 Å². The Morgan fingerprint density at radius 1 is 1.05 bits per heavy atom. The van der Waals surface area contributed by atoms with Crippen LogP contribution >= 0.6 is 0 Å². The molecule has 1 aliphatic rings. The number of rotatable bonds is 2. The van der Waals surface area contributed by atoms with Crippen LogP contribution in [-0.2, 0) is 5.54 Å². The van der Waals surface area contributed by atoms with Crippen molar-refractivity contribution < 1.29 is 8.78 Å². The fraction of sp³-hybridized carbons (Fsp3) is 0.294. The van der Waals surface area contributed by atoms with Crippen LogP contribution in [0.3, 0.4) is 0 Å². The van der Waals surface area contributed by atoms with Crippen molar-refractivity contribution in [3.63, 3.8) is 0 Å². The van der Waals surface area contributed by atoms with E-state index in [4.69, 9.17) is 0 Å². The van der Waals surface area contributed by atoms with Crippen LogP contribution in [0.15, 0.2) is 48.5 Å². The number of nitrogens with zero attached hydrogens (tertiary/aromatic N) is 1. The molecule has 1 unspecified atom stereocenters. The van der Waals surface area contributed by atoms with Crippen molar-refractivity contribution in [2.24, 2.45) is 0 Å². The number of anilines is 1. The number of nitrogens with one attached hydrogen (secondary N) is 1. The van der Waals surface area contributed by atoms with Gasteiger partial charge >= 0.3 is 0 Å². The van der Waals surface area contributed by atoms with Crippen LogP contribution in [0.2, 0.25) is 0 Å². The fourth-order valence-corrected chi connectivity index (χ4v) is 2.88. The van der Waals surface area contributed by atoms with Crippen LogP contribution in [0.4, 0.5) is 14.5 Å². The first-order valence-corrected chi connectivity index (χ1v) is 7.09. The number of hydrogen-bond donors (Lipinski definition) is 1. The Morgan fingerprint density at radius 2 is 1.81 bits per heavy atom. The number of benzene rings is 2. The topological polar surface area (TPSA) is 15.3 Å². The van der Waals surface area contributed by atoms with Gasteiger partial charge in [0, 0.05) is 31.4 Å². The first kappa shape index (κ1) is 14.0.